The molecule has 8 aromatic rings. The third-order valence-corrected chi connectivity index (χ3v) is 6.46. The van der Waals surface area contributed by atoms with Gasteiger partial charge in [0.1, 0.15) is 16.8 Å². The summed E-state index contributed by atoms with van der Waals surface area (Å²) in [6.07, 6.45) is 3.89. The summed E-state index contributed by atoms with van der Waals surface area (Å²) < 4.78 is 14.8. The first kappa shape index (κ1) is 15.5. The summed E-state index contributed by atoms with van der Waals surface area (Å²) in [7, 11) is 0. The van der Waals surface area contributed by atoms with Gasteiger partial charge in [-0.25, -0.2) is 4.98 Å². The molecule has 0 radical (unpaired) electrons. The van der Waals surface area contributed by atoms with Gasteiger partial charge in [-0.3, -0.25) is 4.40 Å². The van der Waals surface area contributed by atoms with Crippen molar-refractivity contribution in [2.45, 2.75) is 0 Å². The molecule has 4 heteroatoms. The van der Waals surface area contributed by atoms with Gasteiger partial charge in [-0.05, 0) is 35.7 Å². The highest BCUT2D eigenvalue weighted by atomic mass is 16.4. The summed E-state index contributed by atoms with van der Waals surface area (Å²) in [6.45, 7) is 0. The third-order valence-electron chi connectivity index (χ3n) is 6.46. The SMILES string of the molecule is c1ccc2c(c1)oc1c2ccc2c1oc1ccc3c4ccccc4c4nccn4c3c12. The second-order valence-corrected chi connectivity index (χ2v) is 8.02. The average Bonchev–Trinajstić information content (AvgIpc) is 3.53. The van der Waals surface area contributed by atoms with Gasteiger partial charge >= 0.3 is 0 Å². The van der Waals surface area contributed by atoms with Crippen LogP contribution < -0.4 is 0 Å². The maximum atomic E-state index is 6.41. The predicted molar refractivity (Wildman–Crippen MR) is 125 cm³/mol. The number of furan rings is 2. The number of nitrogens with zero attached hydrogens (tertiary/aromatic N) is 2. The molecule has 144 valence electrons. The van der Waals surface area contributed by atoms with Crippen molar-refractivity contribution >= 4 is 71.2 Å². The molecule has 0 spiro atoms. The minimum atomic E-state index is 0.789. The number of hydrogen-bond acceptors (Lipinski definition) is 3. The number of fused-ring (bicyclic) bond motifs is 14. The Kier molecular flexibility index (Phi) is 2.62. The first-order chi connectivity index (χ1) is 15.4. The molecule has 8 rings (SSSR count). The number of rotatable bonds is 0. The van der Waals surface area contributed by atoms with Crippen LogP contribution in [0, 0.1) is 0 Å². The zero-order valence-corrected chi connectivity index (χ0v) is 16.3. The molecule has 0 N–H and O–H groups in total. The van der Waals surface area contributed by atoms with Crippen molar-refractivity contribution < 1.29 is 8.83 Å². The standard InChI is InChI=1S/C27H14N2O2/c1-2-7-19-15(5-1)17-11-12-22-23(24(17)29-14-13-28-27(19)29)20-10-9-18-16-6-3-4-8-21(16)30-25(18)26(20)31-22/h1-14H. The maximum Gasteiger partial charge on any atom is 0.178 e. The monoisotopic (exact) mass is 398 g/mol. The van der Waals surface area contributed by atoms with E-state index in [4.69, 9.17) is 8.83 Å². The van der Waals surface area contributed by atoms with E-state index >= 15 is 0 Å². The Hall–Kier alpha value is -4.31. The van der Waals surface area contributed by atoms with E-state index in [0.29, 0.717) is 0 Å². The van der Waals surface area contributed by atoms with E-state index in [9.17, 15) is 0 Å². The Bertz CT molecular complexity index is 2000. The number of imidazole rings is 1. The summed E-state index contributed by atoms with van der Waals surface area (Å²) in [5.74, 6) is 0. The van der Waals surface area contributed by atoms with E-state index in [-0.39, 0.29) is 0 Å². The first-order valence-corrected chi connectivity index (χ1v) is 10.3. The fourth-order valence-electron chi connectivity index (χ4n) is 5.15. The van der Waals surface area contributed by atoms with Crippen LogP contribution in [0.4, 0.5) is 0 Å². The van der Waals surface area contributed by atoms with Crippen LogP contribution in [0.3, 0.4) is 0 Å². The van der Waals surface area contributed by atoms with Crippen LogP contribution in [0.15, 0.2) is 94.0 Å². The highest BCUT2D eigenvalue weighted by molar-refractivity contribution is 6.27. The first-order valence-electron chi connectivity index (χ1n) is 10.3. The van der Waals surface area contributed by atoms with E-state index in [2.05, 4.69) is 64.0 Å². The molecule has 0 unspecified atom stereocenters. The summed E-state index contributed by atoms with van der Waals surface area (Å²) in [5.41, 5.74) is 5.37. The largest absolute Gasteiger partial charge is 0.452 e. The number of pyridine rings is 1. The van der Waals surface area contributed by atoms with Gasteiger partial charge in [0.2, 0.25) is 0 Å². The molecule has 31 heavy (non-hydrogen) atoms. The minimum Gasteiger partial charge on any atom is -0.452 e. The third kappa shape index (κ3) is 1.79. The molecule has 4 aromatic carbocycles. The van der Waals surface area contributed by atoms with Crippen LogP contribution in [0.2, 0.25) is 0 Å². The topological polar surface area (TPSA) is 43.6 Å². The second kappa shape index (κ2) is 5.24. The van der Waals surface area contributed by atoms with Crippen molar-refractivity contribution in [1.29, 1.82) is 0 Å². The lowest BCUT2D eigenvalue weighted by Crippen LogP contribution is -1.91. The Morgan fingerprint density at radius 1 is 0.581 bits per heavy atom. The second-order valence-electron chi connectivity index (χ2n) is 8.02. The van der Waals surface area contributed by atoms with Crippen LogP contribution in [0.25, 0.3) is 71.2 Å². The zero-order chi connectivity index (χ0) is 20.1. The lowest BCUT2D eigenvalue weighted by Gasteiger charge is -2.09. The highest BCUT2D eigenvalue weighted by Crippen LogP contribution is 2.42. The molecule has 0 amide bonds. The van der Waals surface area contributed by atoms with Gasteiger partial charge in [-0.15, -0.1) is 0 Å². The maximum absolute atomic E-state index is 6.41. The Labute approximate surface area is 174 Å². The fourth-order valence-corrected chi connectivity index (χ4v) is 5.15. The van der Waals surface area contributed by atoms with Crippen molar-refractivity contribution in [1.82, 2.24) is 9.38 Å². The molecule has 0 saturated heterocycles. The fraction of sp³-hybridized carbons (Fsp3) is 0. The number of para-hydroxylation sites is 1. The molecular weight excluding hydrogens is 384 g/mol. The van der Waals surface area contributed by atoms with Gasteiger partial charge in [-0.1, -0.05) is 42.5 Å². The average molecular weight is 398 g/mol. The lowest BCUT2D eigenvalue weighted by atomic mass is 10.0. The van der Waals surface area contributed by atoms with Crippen molar-refractivity contribution in [3.63, 3.8) is 0 Å². The Morgan fingerprint density at radius 2 is 1.29 bits per heavy atom. The van der Waals surface area contributed by atoms with Crippen LogP contribution in [0.5, 0.6) is 0 Å². The summed E-state index contributed by atoms with van der Waals surface area (Å²) in [6, 6.07) is 25.1. The zero-order valence-electron chi connectivity index (χ0n) is 16.3. The van der Waals surface area contributed by atoms with Gasteiger partial charge in [0, 0.05) is 39.3 Å². The quantitative estimate of drug-likeness (QED) is 0.249. The molecule has 4 heterocycles. The normalized spacial score (nSPS) is 12.5. The van der Waals surface area contributed by atoms with Gasteiger partial charge in [0.25, 0.3) is 0 Å². The van der Waals surface area contributed by atoms with Crippen LogP contribution >= 0.6 is 0 Å². The molecule has 4 nitrogen and oxygen atoms in total. The summed E-state index contributed by atoms with van der Waals surface area (Å²) in [5, 5.41) is 7.84. The number of benzene rings is 4. The van der Waals surface area contributed by atoms with Crippen molar-refractivity contribution in [3.8, 4) is 0 Å². The Morgan fingerprint density at radius 3 is 2.23 bits per heavy atom. The van der Waals surface area contributed by atoms with Crippen molar-refractivity contribution in [2.75, 3.05) is 0 Å². The molecular formula is C27H14N2O2. The highest BCUT2D eigenvalue weighted by Gasteiger charge is 2.19. The lowest BCUT2D eigenvalue weighted by molar-refractivity contribution is 0.633. The van der Waals surface area contributed by atoms with Gasteiger partial charge < -0.3 is 8.83 Å². The van der Waals surface area contributed by atoms with Gasteiger partial charge in [0.15, 0.2) is 11.2 Å². The molecule has 0 fully saturated rings. The smallest absolute Gasteiger partial charge is 0.178 e. The molecule has 0 saturated carbocycles. The number of hydrogen-bond donors (Lipinski definition) is 0. The van der Waals surface area contributed by atoms with E-state index < -0.39 is 0 Å². The van der Waals surface area contributed by atoms with Gasteiger partial charge in [0.05, 0.1) is 10.9 Å². The van der Waals surface area contributed by atoms with E-state index in [0.717, 1.165) is 60.4 Å². The molecule has 0 atom stereocenters. The van der Waals surface area contributed by atoms with E-state index in [1.165, 1.54) is 10.8 Å². The van der Waals surface area contributed by atoms with Crippen molar-refractivity contribution in [3.05, 3.63) is 85.2 Å². The Balaban J connectivity index is 1.67. The van der Waals surface area contributed by atoms with Crippen LogP contribution in [-0.2, 0) is 0 Å². The van der Waals surface area contributed by atoms with Crippen LogP contribution in [-0.4, -0.2) is 9.38 Å². The van der Waals surface area contributed by atoms with E-state index in [1.54, 1.807) is 0 Å². The summed E-state index contributed by atoms with van der Waals surface area (Å²) >= 11 is 0. The van der Waals surface area contributed by atoms with Crippen molar-refractivity contribution in [2.24, 2.45) is 0 Å². The molecule has 0 aliphatic heterocycles. The van der Waals surface area contributed by atoms with Gasteiger partial charge in [-0.2, -0.15) is 0 Å². The molecule has 4 aromatic heterocycles. The molecule has 0 bridgehead atoms. The summed E-state index contributed by atoms with van der Waals surface area (Å²) in [4.78, 5) is 4.66. The minimum absolute atomic E-state index is 0.789. The van der Waals surface area contributed by atoms with Crippen LogP contribution in [0.1, 0.15) is 0 Å². The molecule has 0 aliphatic rings. The molecule has 0 aliphatic carbocycles. The van der Waals surface area contributed by atoms with E-state index in [1.807, 2.05) is 30.6 Å². The predicted octanol–water partition coefficient (Wildman–Crippen LogP) is 7.44. The number of aromatic nitrogens is 2.